The van der Waals surface area contributed by atoms with Gasteiger partial charge in [0.25, 0.3) is 0 Å². The minimum absolute atomic E-state index is 0.0775. The number of ketones is 1. The maximum Gasteiger partial charge on any atom is 0.230 e. The van der Waals surface area contributed by atoms with E-state index in [1.165, 1.54) is 12.1 Å². The van der Waals surface area contributed by atoms with E-state index in [1.54, 1.807) is 17.0 Å². The Hall–Kier alpha value is -2.82. The summed E-state index contributed by atoms with van der Waals surface area (Å²) < 4.78 is 13.7. The molecule has 1 unspecified atom stereocenters. The molecule has 1 fully saturated rings. The zero-order valence-corrected chi connectivity index (χ0v) is 17.9. The van der Waals surface area contributed by atoms with Crippen molar-refractivity contribution in [2.75, 3.05) is 4.90 Å². The SMILES string of the molecule is CC(C)C(=O)N1c2ccccc2N=C2CC(C)(C)CC(=O)C2[C@@H]1c1ccc(F)cc1. The van der Waals surface area contributed by atoms with Crippen LogP contribution in [0.25, 0.3) is 0 Å². The van der Waals surface area contributed by atoms with Crippen molar-refractivity contribution in [1.29, 1.82) is 0 Å². The highest BCUT2D eigenvalue weighted by molar-refractivity contribution is 6.13. The van der Waals surface area contributed by atoms with Crippen molar-refractivity contribution in [2.45, 2.75) is 46.6 Å². The number of para-hydroxylation sites is 2. The molecule has 1 amide bonds. The first-order chi connectivity index (χ1) is 14.2. The lowest BCUT2D eigenvalue weighted by molar-refractivity contribution is -0.125. The number of carbonyl (C=O) groups is 2. The number of halogens is 1. The molecule has 30 heavy (non-hydrogen) atoms. The van der Waals surface area contributed by atoms with Gasteiger partial charge in [-0.1, -0.05) is 52.0 Å². The van der Waals surface area contributed by atoms with E-state index in [0.29, 0.717) is 24.2 Å². The van der Waals surface area contributed by atoms with Crippen LogP contribution in [0.4, 0.5) is 15.8 Å². The zero-order valence-electron chi connectivity index (χ0n) is 17.9. The number of rotatable bonds is 2. The molecule has 0 aromatic heterocycles. The van der Waals surface area contributed by atoms with Gasteiger partial charge >= 0.3 is 0 Å². The largest absolute Gasteiger partial charge is 0.301 e. The molecule has 0 N–H and O–H groups in total. The van der Waals surface area contributed by atoms with Crippen LogP contribution in [0.2, 0.25) is 0 Å². The summed E-state index contributed by atoms with van der Waals surface area (Å²) in [6.45, 7) is 7.85. The second kappa shape index (κ2) is 7.46. The number of benzene rings is 2. The van der Waals surface area contributed by atoms with E-state index < -0.39 is 12.0 Å². The molecule has 0 saturated heterocycles. The van der Waals surface area contributed by atoms with Crippen LogP contribution < -0.4 is 4.90 Å². The van der Waals surface area contributed by atoms with E-state index in [0.717, 1.165) is 11.3 Å². The molecule has 0 radical (unpaired) electrons. The van der Waals surface area contributed by atoms with Gasteiger partial charge < -0.3 is 4.90 Å². The lowest BCUT2D eigenvalue weighted by atomic mass is 9.68. The van der Waals surface area contributed by atoms with Gasteiger partial charge in [0.2, 0.25) is 5.91 Å². The van der Waals surface area contributed by atoms with Gasteiger partial charge in [0.05, 0.1) is 23.3 Å². The summed E-state index contributed by atoms with van der Waals surface area (Å²) >= 11 is 0. The smallest absolute Gasteiger partial charge is 0.230 e. The Morgan fingerprint density at radius 3 is 2.43 bits per heavy atom. The molecule has 5 heteroatoms. The highest BCUT2D eigenvalue weighted by Crippen LogP contribution is 2.48. The van der Waals surface area contributed by atoms with E-state index >= 15 is 0 Å². The topological polar surface area (TPSA) is 49.7 Å². The van der Waals surface area contributed by atoms with Crippen molar-refractivity contribution in [3.63, 3.8) is 0 Å². The van der Waals surface area contributed by atoms with Crippen LogP contribution in [-0.4, -0.2) is 17.4 Å². The zero-order chi connectivity index (χ0) is 21.6. The maximum absolute atomic E-state index is 13.7. The van der Waals surface area contributed by atoms with E-state index in [2.05, 4.69) is 13.8 Å². The van der Waals surface area contributed by atoms with Crippen LogP contribution >= 0.6 is 0 Å². The monoisotopic (exact) mass is 406 g/mol. The number of fused-ring (bicyclic) bond motifs is 2. The molecular weight excluding hydrogens is 379 g/mol. The maximum atomic E-state index is 13.7. The van der Waals surface area contributed by atoms with Crippen LogP contribution in [0, 0.1) is 23.1 Å². The van der Waals surface area contributed by atoms with E-state index in [4.69, 9.17) is 4.99 Å². The molecule has 156 valence electrons. The molecule has 4 nitrogen and oxygen atoms in total. The molecule has 0 spiro atoms. The Kier molecular flexibility index (Phi) is 5.08. The molecule has 1 heterocycles. The number of amides is 1. The third-order valence-electron chi connectivity index (χ3n) is 5.96. The molecule has 1 aliphatic heterocycles. The molecular formula is C25H27FN2O2. The van der Waals surface area contributed by atoms with Crippen molar-refractivity contribution >= 4 is 28.8 Å². The summed E-state index contributed by atoms with van der Waals surface area (Å²) in [5.41, 5.74) is 2.75. The van der Waals surface area contributed by atoms with Gasteiger partial charge in [-0.25, -0.2) is 4.39 Å². The highest BCUT2D eigenvalue weighted by atomic mass is 19.1. The molecule has 2 aliphatic rings. The first-order valence-electron chi connectivity index (χ1n) is 10.5. The Labute approximate surface area is 176 Å². The molecule has 4 rings (SSSR count). The van der Waals surface area contributed by atoms with Crippen LogP contribution in [0.3, 0.4) is 0 Å². The lowest BCUT2D eigenvalue weighted by Crippen LogP contribution is -2.48. The summed E-state index contributed by atoms with van der Waals surface area (Å²) in [5.74, 6) is -1.16. The summed E-state index contributed by atoms with van der Waals surface area (Å²) in [6, 6.07) is 13.1. The first-order valence-corrected chi connectivity index (χ1v) is 10.5. The fourth-order valence-electron chi connectivity index (χ4n) is 4.65. The molecule has 0 bridgehead atoms. The van der Waals surface area contributed by atoms with Gasteiger partial charge in [-0.05, 0) is 41.7 Å². The number of Topliss-reactive ketones (excluding diaryl/α,β-unsaturated/α-hetero) is 1. The van der Waals surface area contributed by atoms with Crippen molar-refractivity contribution in [3.8, 4) is 0 Å². The minimum Gasteiger partial charge on any atom is -0.301 e. The fourth-order valence-corrected chi connectivity index (χ4v) is 4.65. The van der Waals surface area contributed by atoms with Gasteiger partial charge in [0.15, 0.2) is 0 Å². The lowest BCUT2D eigenvalue weighted by Gasteiger charge is -2.41. The Morgan fingerprint density at radius 1 is 1.10 bits per heavy atom. The number of anilines is 1. The molecule has 1 aliphatic carbocycles. The molecule has 2 aromatic rings. The second-order valence-corrected chi connectivity index (χ2v) is 9.41. The number of hydrogen-bond acceptors (Lipinski definition) is 3. The second-order valence-electron chi connectivity index (χ2n) is 9.41. The standard InChI is InChI=1S/C25H27FN2O2/c1-15(2)24(30)28-20-8-6-5-7-18(20)27-19-13-25(3,4)14-21(29)22(19)23(28)16-9-11-17(26)12-10-16/h5-12,15,22-23H,13-14H2,1-4H3/t22?,23-/m0/s1. The number of hydrogen-bond donors (Lipinski definition) is 0. The highest BCUT2D eigenvalue weighted by Gasteiger charge is 2.47. The summed E-state index contributed by atoms with van der Waals surface area (Å²) in [5, 5.41) is 0. The van der Waals surface area contributed by atoms with Gasteiger partial charge in [-0.3, -0.25) is 14.6 Å². The van der Waals surface area contributed by atoms with Crippen LogP contribution in [-0.2, 0) is 9.59 Å². The Morgan fingerprint density at radius 2 is 1.77 bits per heavy atom. The third kappa shape index (κ3) is 3.57. The molecule has 2 atom stereocenters. The molecule has 2 aromatic carbocycles. The predicted octanol–water partition coefficient (Wildman–Crippen LogP) is 5.65. The Bertz CT molecular complexity index is 1020. The quantitative estimate of drug-likeness (QED) is 0.647. The number of nitrogens with zero attached hydrogens (tertiary/aromatic N) is 2. The summed E-state index contributed by atoms with van der Waals surface area (Å²) in [6.07, 6.45) is 1.10. The average molecular weight is 407 g/mol. The van der Waals surface area contributed by atoms with Crippen LogP contribution in [0.5, 0.6) is 0 Å². The number of aliphatic imine (C=N–C) groups is 1. The minimum atomic E-state index is -0.550. The molecule has 1 saturated carbocycles. The van der Waals surface area contributed by atoms with Crippen molar-refractivity contribution in [1.82, 2.24) is 0 Å². The summed E-state index contributed by atoms with van der Waals surface area (Å²) in [7, 11) is 0. The first kappa shape index (κ1) is 20.5. The fraction of sp³-hybridized carbons (Fsp3) is 0.400. The van der Waals surface area contributed by atoms with Crippen molar-refractivity contribution in [2.24, 2.45) is 22.2 Å². The Balaban J connectivity index is 1.99. The van der Waals surface area contributed by atoms with Gasteiger partial charge in [0, 0.05) is 18.1 Å². The van der Waals surface area contributed by atoms with E-state index in [1.807, 2.05) is 38.1 Å². The van der Waals surface area contributed by atoms with E-state index in [9.17, 15) is 14.0 Å². The van der Waals surface area contributed by atoms with Crippen molar-refractivity contribution in [3.05, 3.63) is 59.9 Å². The predicted molar refractivity (Wildman–Crippen MR) is 117 cm³/mol. The van der Waals surface area contributed by atoms with Gasteiger partial charge in [-0.15, -0.1) is 0 Å². The van der Waals surface area contributed by atoms with Gasteiger partial charge in [-0.2, -0.15) is 0 Å². The van der Waals surface area contributed by atoms with Crippen LogP contribution in [0.1, 0.15) is 52.1 Å². The normalized spacial score (nSPS) is 22.8. The van der Waals surface area contributed by atoms with Gasteiger partial charge in [0.1, 0.15) is 11.6 Å². The third-order valence-corrected chi connectivity index (χ3v) is 5.96. The summed E-state index contributed by atoms with van der Waals surface area (Å²) in [4.78, 5) is 33.6. The van der Waals surface area contributed by atoms with E-state index in [-0.39, 0.29) is 28.8 Å². The number of carbonyl (C=O) groups excluding carboxylic acids is 2. The van der Waals surface area contributed by atoms with Crippen molar-refractivity contribution < 1.29 is 14.0 Å². The average Bonchev–Trinajstić information content (AvgIpc) is 2.81. The van der Waals surface area contributed by atoms with Crippen LogP contribution in [0.15, 0.2) is 53.5 Å².